The molecule has 138 valence electrons. The summed E-state index contributed by atoms with van der Waals surface area (Å²) in [7, 11) is 0. The van der Waals surface area contributed by atoms with E-state index in [2.05, 4.69) is 19.9 Å². The van der Waals surface area contributed by atoms with Gasteiger partial charge in [0, 0.05) is 19.3 Å². The number of nitrogens with one attached hydrogen (secondary N) is 1. The number of hydrogen-bond acceptors (Lipinski definition) is 4. The maximum atomic E-state index is 12.2. The Balaban J connectivity index is 1.58. The summed E-state index contributed by atoms with van der Waals surface area (Å²) in [4.78, 5) is 26.1. The predicted octanol–water partition coefficient (Wildman–Crippen LogP) is 3.73. The largest absolute Gasteiger partial charge is 0.481 e. The van der Waals surface area contributed by atoms with E-state index in [-0.39, 0.29) is 0 Å². The number of hydrogen-bond donors (Lipinski definition) is 2. The highest BCUT2D eigenvalue weighted by Crippen LogP contribution is 2.37. The lowest BCUT2D eigenvalue weighted by Crippen LogP contribution is -2.48. The van der Waals surface area contributed by atoms with Crippen molar-refractivity contribution in [3.05, 3.63) is 60.6 Å². The molecule has 2 aromatic heterocycles. The third kappa shape index (κ3) is 3.43. The van der Waals surface area contributed by atoms with E-state index >= 15 is 0 Å². The second kappa shape index (κ2) is 7.23. The zero-order valence-corrected chi connectivity index (χ0v) is 15.0. The number of fused-ring (bicyclic) bond motifs is 1. The standard InChI is InChI=1S/C21H22N4O2/c26-20(27)21(10-4-8-16-6-2-1-3-7-16)11-5-13-25(14-21)19-17-9-12-22-18(17)23-15-24-19/h1-4,6-9,12,15H,5,10-11,13-14H2,(H,26,27)(H,22,23,24). The molecule has 3 aromatic rings. The zero-order chi connectivity index (χ0) is 18.7. The molecule has 1 fully saturated rings. The van der Waals surface area contributed by atoms with Crippen LogP contribution in [0.15, 0.2) is 55.0 Å². The molecular formula is C21H22N4O2. The monoisotopic (exact) mass is 362 g/mol. The average Bonchev–Trinajstić information content (AvgIpc) is 3.18. The number of anilines is 1. The van der Waals surface area contributed by atoms with E-state index in [9.17, 15) is 9.90 Å². The summed E-state index contributed by atoms with van der Waals surface area (Å²) in [5, 5.41) is 11.0. The minimum absolute atomic E-state index is 0.443. The number of benzene rings is 1. The van der Waals surface area contributed by atoms with Crippen molar-refractivity contribution in [3.63, 3.8) is 0 Å². The first kappa shape index (κ1) is 17.3. The molecule has 1 aliphatic heterocycles. The molecule has 4 rings (SSSR count). The molecule has 27 heavy (non-hydrogen) atoms. The van der Waals surface area contributed by atoms with Gasteiger partial charge in [0.2, 0.25) is 0 Å². The summed E-state index contributed by atoms with van der Waals surface area (Å²) in [5.41, 5.74) is 1.04. The van der Waals surface area contributed by atoms with Crippen molar-refractivity contribution in [1.82, 2.24) is 15.0 Å². The van der Waals surface area contributed by atoms with Crippen LogP contribution in [0.25, 0.3) is 17.1 Å². The van der Waals surface area contributed by atoms with Crippen LogP contribution in [0.2, 0.25) is 0 Å². The van der Waals surface area contributed by atoms with Gasteiger partial charge in [-0.2, -0.15) is 0 Å². The Morgan fingerprint density at radius 3 is 2.93 bits per heavy atom. The van der Waals surface area contributed by atoms with Gasteiger partial charge >= 0.3 is 5.97 Å². The van der Waals surface area contributed by atoms with Gasteiger partial charge < -0.3 is 15.0 Å². The number of rotatable bonds is 5. The van der Waals surface area contributed by atoms with Crippen molar-refractivity contribution in [2.75, 3.05) is 18.0 Å². The van der Waals surface area contributed by atoms with E-state index in [1.54, 1.807) is 0 Å². The number of nitrogens with zero attached hydrogens (tertiary/aromatic N) is 3. The molecule has 0 amide bonds. The molecule has 6 nitrogen and oxygen atoms in total. The number of carbonyl (C=O) groups is 1. The van der Waals surface area contributed by atoms with Crippen molar-refractivity contribution < 1.29 is 9.90 Å². The number of carboxylic acids is 1. The highest BCUT2D eigenvalue weighted by atomic mass is 16.4. The van der Waals surface area contributed by atoms with Crippen molar-refractivity contribution in [2.24, 2.45) is 5.41 Å². The van der Waals surface area contributed by atoms with E-state index in [1.165, 1.54) is 6.33 Å². The van der Waals surface area contributed by atoms with Crippen LogP contribution in [0.4, 0.5) is 5.82 Å². The van der Waals surface area contributed by atoms with Gasteiger partial charge in [0.05, 0.1) is 10.8 Å². The number of carboxylic acid groups (broad SMARTS) is 1. The molecule has 1 unspecified atom stereocenters. The quantitative estimate of drug-likeness (QED) is 0.723. The Kier molecular flexibility index (Phi) is 4.62. The fourth-order valence-electron chi connectivity index (χ4n) is 3.84. The van der Waals surface area contributed by atoms with Crippen LogP contribution >= 0.6 is 0 Å². The molecule has 0 spiro atoms. The van der Waals surface area contributed by atoms with Gasteiger partial charge in [-0.05, 0) is 30.9 Å². The van der Waals surface area contributed by atoms with Crippen molar-refractivity contribution in [2.45, 2.75) is 19.3 Å². The fourth-order valence-corrected chi connectivity index (χ4v) is 3.84. The smallest absolute Gasteiger partial charge is 0.311 e. The third-order valence-corrected chi connectivity index (χ3v) is 5.28. The summed E-state index contributed by atoms with van der Waals surface area (Å²) >= 11 is 0. The number of aromatic amines is 1. The van der Waals surface area contributed by atoms with Crippen LogP contribution in [-0.4, -0.2) is 39.1 Å². The molecule has 0 bridgehead atoms. The van der Waals surface area contributed by atoms with Gasteiger partial charge in [0.25, 0.3) is 0 Å². The average molecular weight is 362 g/mol. The number of aromatic nitrogens is 3. The summed E-state index contributed by atoms with van der Waals surface area (Å²) in [6, 6.07) is 11.9. The van der Waals surface area contributed by atoms with Gasteiger partial charge in [-0.25, -0.2) is 9.97 Å². The van der Waals surface area contributed by atoms with Crippen molar-refractivity contribution in [3.8, 4) is 0 Å². The Hall–Kier alpha value is -3.15. The second-order valence-corrected chi connectivity index (χ2v) is 7.06. The minimum Gasteiger partial charge on any atom is -0.481 e. The molecule has 1 atom stereocenters. The molecule has 6 heteroatoms. The van der Waals surface area contributed by atoms with Gasteiger partial charge in [-0.15, -0.1) is 0 Å². The first-order valence-electron chi connectivity index (χ1n) is 9.16. The number of H-pyrrole nitrogens is 1. The number of piperidine rings is 1. The number of aliphatic carboxylic acids is 1. The summed E-state index contributed by atoms with van der Waals surface area (Å²) in [6.07, 6.45) is 9.33. The SMILES string of the molecule is O=C(O)C1(CC=Cc2ccccc2)CCCN(c2ncnc3[nH]ccc23)C1. The minimum atomic E-state index is -0.808. The highest BCUT2D eigenvalue weighted by molar-refractivity contribution is 5.88. The first-order valence-corrected chi connectivity index (χ1v) is 9.16. The van der Waals surface area contributed by atoms with E-state index in [0.29, 0.717) is 19.4 Å². The van der Waals surface area contributed by atoms with Crippen LogP contribution in [0.1, 0.15) is 24.8 Å². The normalized spacial score (nSPS) is 20.4. The summed E-state index contributed by atoms with van der Waals surface area (Å²) in [6.45, 7) is 1.24. The van der Waals surface area contributed by atoms with E-state index in [4.69, 9.17) is 0 Å². The summed E-state index contributed by atoms with van der Waals surface area (Å²) < 4.78 is 0. The third-order valence-electron chi connectivity index (χ3n) is 5.28. The van der Waals surface area contributed by atoms with E-state index in [0.717, 1.165) is 35.4 Å². The lowest BCUT2D eigenvalue weighted by molar-refractivity contribution is -0.149. The maximum absolute atomic E-state index is 12.2. The lowest BCUT2D eigenvalue weighted by Gasteiger charge is -2.40. The van der Waals surface area contributed by atoms with Gasteiger partial charge in [0.1, 0.15) is 17.8 Å². The molecule has 3 heterocycles. The van der Waals surface area contributed by atoms with E-state index < -0.39 is 11.4 Å². The zero-order valence-electron chi connectivity index (χ0n) is 15.0. The molecule has 1 saturated heterocycles. The molecule has 1 aromatic carbocycles. The maximum Gasteiger partial charge on any atom is 0.311 e. The number of allylic oxidation sites excluding steroid dienone is 1. The fraction of sp³-hybridized carbons (Fsp3) is 0.286. The van der Waals surface area contributed by atoms with Crippen molar-refractivity contribution in [1.29, 1.82) is 0 Å². The topological polar surface area (TPSA) is 82.1 Å². The molecule has 0 aliphatic carbocycles. The molecule has 0 saturated carbocycles. The van der Waals surface area contributed by atoms with Crippen LogP contribution in [0.5, 0.6) is 0 Å². The second-order valence-electron chi connectivity index (χ2n) is 7.06. The van der Waals surface area contributed by atoms with Gasteiger partial charge in [-0.3, -0.25) is 4.79 Å². The predicted molar refractivity (Wildman–Crippen MR) is 105 cm³/mol. The highest BCUT2D eigenvalue weighted by Gasteiger charge is 2.42. The lowest BCUT2D eigenvalue weighted by atomic mass is 9.77. The van der Waals surface area contributed by atoms with Gasteiger partial charge in [0.15, 0.2) is 0 Å². The van der Waals surface area contributed by atoms with Crippen LogP contribution in [-0.2, 0) is 4.79 Å². The van der Waals surface area contributed by atoms with Gasteiger partial charge in [-0.1, -0.05) is 42.5 Å². The Morgan fingerprint density at radius 2 is 2.11 bits per heavy atom. The van der Waals surface area contributed by atoms with Crippen LogP contribution in [0.3, 0.4) is 0 Å². The van der Waals surface area contributed by atoms with Crippen molar-refractivity contribution >= 4 is 28.9 Å². The molecule has 0 radical (unpaired) electrons. The first-order chi connectivity index (χ1) is 13.2. The summed E-state index contributed by atoms with van der Waals surface area (Å²) in [5.74, 6) is 0.0582. The molecule has 2 N–H and O–H groups in total. The van der Waals surface area contributed by atoms with E-state index in [1.807, 2.05) is 54.7 Å². The van der Waals surface area contributed by atoms with Crippen LogP contribution in [0, 0.1) is 5.41 Å². The molecule has 1 aliphatic rings. The molecular weight excluding hydrogens is 340 g/mol. The Labute approximate surface area is 157 Å². The Bertz CT molecular complexity index is 966. The Morgan fingerprint density at radius 1 is 1.26 bits per heavy atom. The van der Waals surface area contributed by atoms with Crippen LogP contribution < -0.4 is 4.90 Å².